The number of rotatable bonds is 2. The Balaban J connectivity index is 2.30. The van der Waals surface area contributed by atoms with Crippen molar-refractivity contribution in [3.63, 3.8) is 0 Å². The van der Waals surface area contributed by atoms with Crippen LogP contribution in [0.25, 0.3) is 0 Å². The van der Waals surface area contributed by atoms with Crippen LogP contribution in [0.15, 0.2) is 0 Å². The van der Waals surface area contributed by atoms with Gasteiger partial charge in [0, 0.05) is 0 Å². The lowest BCUT2D eigenvalue weighted by Crippen LogP contribution is -2.25. The minimum Gasteiger partial charge on any atom is -0.450 e. The molecule has 0 radical (unpaired) electrons. The van der Waals surface area contributed by atoms with Crippen molar-refractivity contribution in [1.82, 2.24) is 0 Å². The van der Waals surface area contributed by atoms with Crippen LogP contribution in [-0.4, -0.2) is 31.4 Å². The van der Waals surface area contributed by atoms with Gasteiger partial charge in [-0.25, -0.2) is 9.59 Å². The van der Waals surface area contributed by atoms with E-state index in [1.54, 1.807) is 6.92 Å². The van der Waals surface area contributed by atoms with E-state index < -0.39 is 18.2 Å². The summed E-state index contributed by atoms with van der Waals surface area (Å²) in [6.45, 7) is 1.55. The first-order chi connectivity index (χ1) is 6.24. The van der Waals surface area contributed by atoms with Gasteiger partial charge in [0.15, 0.2) is 6.61 Å². The molecule has 1 unspecified atom stereocenters. The summed E-state index contributed by atoms with van der Waals surface area (Å²) in [5, 5.41) is 0. The second kappa shape index (κ2) is 4.36. The van der Waals surface area contributed by atoms with Crippen molar-refractivity contribution in [3.05, 3.63) is 0 Å². The van der Waals surface area contributed by atoms with Crippen molar-refractivity contribution in [2.75, 3.05) is 13.2 Å². The summed E-state index contributed by atoms with van der Waals surface area (Å²) in [5.74, 6) is 4.46. The van der Waals surface area contributed by atoms with Crippen molar-refractivity contribution < 1.29 is 23.8 Å². The second-order valence-electron chi connectivity index (χ2n) is 2.20. The van der Waals surface area contributed by atoms with Crippen LogP contribution >= 0.6 is 0 Å². The molecule has 1 heterocycles. The van der Waals surface area contributed by atoms with Gasteiger partial charge in [0.05, 0.1) is 0 Å². The molecule has 0 aromatic heterocycles. The summed E-state index contributed by atoms with van der Waals surface area (Å²) >= 11 is 0. The van der Waals surface area contributed by atoms with E-state index in [-0.39, 0.29) is 13.2 Å². The lowest BCUT2D eigenvalue weighted by molar-refractivity contribution is -0.150. The molecular formula is C8H8O5. The fraction of sp³-hybridized carbons (Fsp3) is 0.500. The summed E-state index contributed by atoms with van der Waals surface area (Å²) in [6, 6.07) is 0. The fourth-order valence-electron chi connectivity index (χ4n) is 0.716. The van der Waals surface area contributed by atoms with E-state index >= 15 is 0 Å². The SMILES string of the molecule is CC#CCOC(=O)C1COC(=O)O1. The molecule has 5 nitrogen and oxygen atoms in total. The summed E-state index contributed by atoms with van der Waals surface area (Å²) < 4.78 is 13.5. The van der Waals surface area contributed by atoms with Gasteiger partial charge in [0.25, 0.3) is 0 Å². The molecule has 1 fully saturated rings. The Morgan fingerprint density at radius 3 is 3.08 bits per heavy atom. The molecule has 0 aromatic carbocycles. The van der Waals surface area contributed by atoms with Crippen molar-refractivity contribution >= 4 is 12.1 Å². The minimum atomic E-state index is -0.939. The van der Waals surface area contributed by atoms with Crippen molar-refractivity contribution in [3.8, 4) is 11.8 Å². The van der Waals surface area contributed by atoms with Crippen LogP contribution in [0, 0.1) is 11.8 Å². The summed E-state index contributed by atoms with van der Waals surface area (Å²) in [5.41, 5.74) is 0. The van der Waals surface area contributed by atoms with Gasteiger partial charge in [-0.15, -0.1) is 5.92 Å². The summed E-state index contributed by atoms with van der Waals surface area (Å²) in [4.78, 5) is 21.4. The molecule has 0 aliphatic carbocycles. The third-order valence-corrected chi connectivity index (χ3v) is 1.32. The van der Waals surface area contributed by atoms with Gasteiger partial charge in [-0.3, -0.25) is 0 Å². The first kappa shape index (κ1) is 9.39. The fourth-order valence-corrected chi connectivity index (χ4v) is 0.716. The highest BCUT2D eigenvalue weighted by Crippen LogP contribution is 2.07. The number of ether oxygens (including phenoxy) is 3. The second-order valence-corrected chi connectivity index (χ2v) is 2.20. The lowest BCUT2D eigenvalue weighted by atomic mass is 10.4. The van der Waals surface area contributed by atoms with Gasteiger partial charge in [0.1, 0.15) is 6.61 Å². The third-order valence-electron chi connectivity index (χ3n) is 1.32. The number of hydrogen-bond donors (Lipinski definition) is 0. The first-order valence-corrected chi connectivity index (χ1v) is 3.63. The van der Waals surface area contributed by atoms with Crippen molar-refractivity contribution in [2.45, 2.75) is 13.0 Å². The normalized spacial score (nSPS) is 19.5. The Labute approximate surface area is 75.0 Å². The van der Waals surface area contributed by atoms with Crippen LogP contribution in [-0.2, 0) is 19.0 Å². The Morgan fingerprint density at radius 1 is 1.77 bits per heavy atom. The average Bonchev–Trinajstić information content (AvgIpc) is 2.52. The summed E-state index contributed by atoms with van der Waals surface area (Å²) in [6.07, 6.45) is -1.78. The quantitative estimate of drug-likeness (QED) is 0.449. The van der Waals surface area contributed by atoms with Crippen LogP contribution in [0.2, 0.25) is 0 Å². The Hall–Kier alpha value is -1.70. The predicted molar refractivity (Wildman–Crippen MR) is 40.6 cm³/mol. The topological polar surface area (TPSA) is 61.8 Å². The standard InChI is InChI=1S/C8H8O5/c1-2-3-4-11-7(9)6-5-12-8(10)13-6/h6H,4-5H2,1H3. The molecule has 1 atom stereocenters. The smallest absolute Gasteiger partial charge is 0.450 e. The molecule has 0 N–H and O–H groups in total. The molecule has 1 aliphatic heterocycles. The van der Waals surface area contributed by atoms with Crippen molar-refractivity contribution in [2.24, 2.45) is 0 Å². The van der Waals surface area contributed by atoms with E-state index in [4.69, 9.17) is 0 Å². The van der Waals surface area contributed by atoms with Crippen LogP contribution < -0.4 is 0 Å². The molecular weight excluding hydrogens is 176 g/mol. The first-order valence-electron chi connectivity index (χ1n) is 3.63. The number of cyclic esters (lactones) is 2. The van der Waals surface area contributed by atoms with Crippen LogP contribution in [0.5, 0.6) is 0 Å². The highest BCUT2D eigenvalue weighted by atomic mass is 16.8. The Kier molecular flexibility index (Phi) is 3.15. The monoisotopic (exact) mass is 184 g/mol. The molecule has 70 valence electrons. The molecule has 13 heavy (non-hydrogen) atoms. The number of carbonyl (C=O) groups is 2. The highest BCUT2D eigenvalue weighted by Gasteiger charge is 2.32. The predicted octanol–water partition coefficient (Wildman–Crippen LogP) is 0.0883. The van der Waals surface area contributed by atoms with Crippen LogP contribution in [0.4, 0.5) is 4.79 Å². The van der Waals surface area contributed by atoms with Gasteiger partial charge < -0.3 is 14.2 Å². The van der Waals surface area contributed by atoms with Crippen LogP contribution in [0.3, 0.4) is 0 Å². The third kappa shape index (κ3) is 2.67. The minimum absolute atomic E-state index is 0.00336. The molecule has 0 saturated carbocycles. The molecule has 0 bridgehead atoms. The van der Waals surface area contributed by atoms with E-state index in [0.717, 1.165) is 0 Å². The zero-order valence-electron chi connectivity index (χ0n) is 7.03. The molecule has 0 spiro atoms. The number of esters is 1. The lowest BCUT2D eigenvalue weighted by Gasteiger charge is -2.03. The Bertz CT molecular complexity index is 272. The number of carbonyl (C=O) groups excluding carboxylic acids is 2. The molecule has 1 rings (SSSR count). The van der Waals surface area contributed by atoms with E-state index in [2.05, 4.69) is 26.1 Å². The maximum Gasteiger partial charge on any atom is 0.509 e. The maximum atomic E-state index is 11.0. The van der Waals surface area contributed by atoms with E-state index in [1.165, 1.54) is 0 Å². The zero-order chi connectivity index (χ0) is 9.68. The summed E-state index contributed by atoms with van der Waals surface area (Å²) in [7, 11) is 0. The maximum absolute atomic E-state index is 11.0. The van der Waals surface area contributed by atoms with E-state index in [0.29, 0.717) is 0 Å². The average molecular weight is 184 g/mol. The van der Waals surface area contributed by atoms with Gasteiger partial charge in [-0.05, 0) is 6.92 Å². The van der Waals surface area contributed by atoms with Crippen molar-refractivity contribution in [1.29, 1.82) is 0 Å². The van der Waals surface area contributed by atoms with Gasteiger partial charge in [-0.2, -0.15) is 0 Å². The molecule has 5 heteroatoms. The molecule has 1 aliphatic rings. The zero-order valence-corrected chi connectivity index (χ0v) is 7.03. The molecule has 1 saturated heterocycles. The van der Waals surface area contributed by atoms with Gasteiger partial charge in [-0.1, -0.05) is 5.92 Å². The molecule has 0 aromatic rings. The highest BCUT2D eigenvalue weighted by molar-refractivity contribution is 5.79. The van der Waals surface area contributed by atoms with Gasteiger partial charge in [0.2, 0.25) is 6.10 Å². The Morgan fingerprint density at radius 2 is 2.54 bits per heavy atom. The van der Waals surface area contributed by atoms with Crippen LogP contribution in [0.1, 0.15) is 6.92 Å². The molecule has 0 amide bonds. The number of hydrogen-bond acceptors (Lipinski definition) is 5. The van der Waals surface area contributed by atoms with Gasteiger partial charge >= 0.3 is 12.1 Å². The van der Waals surface area contributed by atoms with E-state index in [9.17, 15) is 9.59 Å². The van der Waals surface area contributed by atoms with E-state index in [1.807, 2.05) is 0 Å². The largest absolute Gasteiger partial charge is 0.509 e.